The molecule has 1 N–H and O–H groups in total. The lowest BCUT2D eigenvalue weighted by Gasteiger charge is -2.09. The van der Waals surface area contributed by atoms with Gasteiger partial charge in [-0.2, -0.15) is 0 Å². The average Bonchev–Trinajstić information content (AvgIpc) is 2.49. The number of aliphatic carboxylic acids is 1. The summed E-state index contributed by atoms with van der Waals surface area (Å²) in [5.41, 5.74) is 2.47. The van der Waals surface area contributed by atoms with Gasteiger partial charge in [-0.05, 0) is 33.5 Å². The molecule has 0 amide bonds. The van der Waals surface area contributed by atoms with Gasteiger partial charge in [-0.1, -0.05) is 0 Å². The first-order valence-electron chi connectivity index (χ1n) is 5.89. The molecule has 1 aromatic rings. The Labute approximate surface area is 107 Å². The summed E-state index contributed by atoms with van der Waals surface area (Å²) in [5.74, 6) is -0.758. The highest BCUT2D eigenvalue weighted by Crippen LogP contribution is 2.17. The standard InChI is InChI=1S/C13H20N2O3/c1-9-7-15(6-5-12(17)18)10(2)13(9)11(16)8-14(3)4/h7H,5-6,8H2,1-4H3,(H,17,18). The van der Waals surface area contributed by atoms with E-state index >= 15 is 0 Å². The van der Waals surface area contributed by atoms with Crippen LogP contribution in [-0.4, -0.2) is 47.0 Å². The van der Waals surface area contributed by atoms with Crippen molar-refractivity contribution in [1.29, 1.82) is 0 Å². The predicted octanol–water partition coefficient (Wildman–Crippen LogP) is 1.32. The van der Waals surface area contributed by atoms with Gasteiger partial charge in [-0.3, -0.25) is 9.59 Å². The molecule has 0 unspecified atom stereocenters. The minimum Gasteiger partial charge on any atom is -0.481 e. The van der Waals surface area contributed by atoms with Crippen LogP contribution in [0, 0.1) is 13.8 Å². The number of carboxylic acids is 1. The minimum atomic E-state index is -0.832. The number of hydrogen-bond acceptors (Lipinski definition) is 3. The number of carboxylic acid groups (broad SMARTS) is 1. The van der Waals surface area contributed by atoms with Gasteiger partial charge in [-0.25, -0.2) is 0 Å². The minimum absolute atomic E-state index is 0.0657. The second-order valence-corrected chi connectivity index (χ2v) is 4.77. The Hall–Kier alpha value is -1.62. The Morgan fingerprint density at radius 1 is 1.33 bits per heavy atom. The van der Waals surface area contributed by atoms with Crippen LogP contribution in [0.1, 0.15) is 28.0 Å². The molecule has 0 aliphatic rings. The van der Waals surface area contributed by atoms with Crippen LogP contribution < -0.4 is 0 Å². The Bertz CT molecular complexity index is 461. The fourth-order valence-corrected chi connectivity index (χ4v) is 2.06. The molecule has 0 atom stereocenters. The lowest BCUT2D eigenvalue weighted by atomic mass is 10.1. The number of Topliss-reactive ketones (excluding diaryl/α,β-unsaturated/α-hetero) is 1. The number of aromatic nitrogens is 1. The van der Waals surface area contributed by atoms with Crippen LogP contribution in [0.15, 0.2) is 6.20 Å². The van der Waals surface area contributed by atoms with Crippen molar-refractivity contribution in [2.24, 2.45) is 0 Å². The number of hydrogen-bond donors (Lipinski definition) is 1. The molecule has 5 nitrogen and oxygen atoms in total. The van der Waals surface area contributed by atoms with Crippen LogP contribution in [0.3, 0.4) is 0 Å². The first-order valence-corrected chi connectivity index (χ1v) is 5.89. The van der Waals surface area contributed by atoms with Crippen molar-refractivity contribution in [3.05, 3.63) is 23.0 Å². The summed E-state index contributed by atoms with van der Waals surface area (Å²) in [6.45, 7) is 4.51. The smallest absolute Gasteiger partial charge is 0.305 e. The molecule has 0 radical (unpaired) electrons. The number of rotatable bonds is 6. The topological polar surface area (TPSA) is 62.5 Å². The van der Waals surface area contributed by atoms with E-state index in [1.807, 2.05) is 43.6 Å². The Morgan fingerprint density at radius 2 is 1.94 bits per heavy atom. The third kappa shape index (κ3) is 3.43. The highest BCUT2D eigenvalue weighted by Gasteiger charge is 2.17. The summed E-state index contributed by atoms with van der Waals surface area (Å²) < 4.78 is 1.84. The van der Waals surface area contributed by atoms with E-state index in [-0.39, 0.29) is 12.2 Å². The third-order valence-electron chi connectivity index (χ3n) is 2.84. The molecule has 0 aromatic carbocycles. The summed E-state index contributed by atoms with van der Waals surface area (Å²) in [6, 6.07) is 0. The molecule has 1 aromatic heterocycles. The Morgan fingerprint density at radius 3 is 2.44 bits per heavy atom. The van der Waals surface area contributed by atoms with Crippen LogP contribution in [0.2, 0.25) is 0 Å². The summed E-state index contributed by atoms with van der Waals surface area (Å²) in [7, 11) is 3.70. The molecule has 0 saturated carbocycles. The number of nitrogens with zero attached hydrogens (tertiary/aromatic N) is 2. The number of carbonyl (C=O) groups is 2. The van der Waals surface area contributed by atoms with Gasteiger partial charge >= 0.3 is 5.97 Å². The number of carbonyl (C=O) groups excluding carboxylic acids is 1. The molecule has 0 aliphatic heterocycles. The highest BCUT2D eigenvalue weighted by atomic mass is 16.4. The quantitative estimate of drug-likeness (QED) is 0.776. The second-order valence-electron chi connectivity index (χ2n) is 4.77. The summed E-state index contributed by atoms with van der Waals surface area (Å²) in [5, 5.41) is 8.68. The van der Waals surface area contributed by atoms with Gasteiger partial charge in [0.2, 0.25) is 0 Å². The molecule has 1 heterocycles. The van der Waals surface area contributed by atoms with Crippen molar-refractivity contribution in [2.75, 3.05) is 20.6 Å². The SMILES string of the molecule is Cc1cn(CCC(=O)O)c(C)c1C(=O)CN(C)C. The van der Waals surface area contributed by atoms with Crippen LogP contribution in [-0.2, 0) is 11.3 Å². The summed E-state index contributed by atoms with van der Waals surface area (Å²) in [6.07, 6.45) is 1.91. The Balaban J connectivity index is 2.93. The van der Waals surface area contributed by atoms with Crippen molar-refractivity contribution in [1.82, 2.24) is 9.47 Å². The molecule has 100 valence electrons. The van der Waals surface area contributed by atoms with Crippen molar-refractivity contribution >= 4 is 11.8 Å². The fourth-order valence-electron chi connectivity index (χ4n) is 2.06. The molecule has 1 rings (SSSR count). The van der Waals surface area contributed by atoms with Gasteiger partial charge < -0.3 is 14.6 Å². The first-order chi connectivity index (χ1) is 8.32. The normalized spacial score (nSPS) is 10.9. The number of likely N-dealkylation sites (N-methyl/N-ethyl adjacent to an activating group) is 1. The lowest BCUT2D eigenvalue weighted by Crippen LogP contribution is -2.22. The largest absolute Gasteiger partial charge is 0.481 e. The molecule has 0 bridgehead atoms. The van der Waals surface area contributed by atoms with Crippen LogP contribution in [0.4, 0.5) is 0 Å². The monoisotopic (exact) mass is 252 g/mol. The van der Waals surface area contributed by atoms with Crippen LogP contribution >= 0.6 is 0 Å². The van der Waals surface area contributed by atoms with E-state index in [9.17, 15) is 9.59 Å². The molecule has 18 heavy (non-hydrogen) atoms. The highest BCUT2D eigenvalue weighted by molar-refractivity contribution is 6.00. The second kappa shape index (κ2) is 5.82. The van der Waals surface area contributed by atoms with E-state index in [2.05, 4.69) is 0 Å². The zero-order chi connectivity index (χ0) is 13.9. The maximum absolute atomic E-state index is 12.1. The van der Waals surface area contributed by atoms with E-state index < -0.39 is 5.97 Å². The maximum atomic E-state index is 12.1. The fraction of sp³-hybridized carbons (Fsp3) is 0.538. The predicted molar refractivity (Wildman–Crippen MR) is 69.0 cm³/mol. The average molecular weight is 252 g/mol. The van der Waals surface area contributed by atoms with Gasteiger partial charge in [0.1, 0.15) is 0 Å². The maximum Gasteiger partial charge on any atom is 0.305 e. The van der Waals surface area contributed by atoms with Crippen molar-refractivity contribution in [3.8, 4) is 0 Å². The van der Waals surface area contributed by atoms with E-state index in [0.29, 0.717) is 18.7 Å². The van der Waals surface area contributed by atoms with E-state index in [4.69, 9.17) is 5.11 Å². The van der Waals surface area contributed by atoms with E-state index in [0.717, 1.165) is 11.3 Å². The summed E-state index contributed by atoms with van der Waals surface area (Å²) in [4.78, 5) is 24.5. The molecule has 0 aliphatic carbocycles. The lowest BCUT2D eigenvalue weighted by molar-refractivity contribution is -0.137. The number of ketones is 1. The zero-order valence-electron chi connectivity index (χ0n) is 11.4. The molecular formula is C13H20N2O3. The molecular weight excluding hydrogens is 232 g/mol. The molecule has 0 spiro atoms. The summed E-state index contributed by atoms with van der Waals surface area (Å²) >= 11 is 0. The Kier molecular flexibility index (Phi) is 4.67. The van der Waals surface area contributed by atoms with Gasteiger partial charge in [0.25, 0.3) is 0 Å². The van der Waals surface area contributed by atoms with Crippen molar-refractivity contribution in [3.63, 3.8) is 0 Å². The van der Waals surface area contributed by atoms with Gasteiger partial charge in [0.15, 0.2) is 5.78 Å². The number of aryl methyl sites for hydroxylation is 2. The molecule has 5 heteroatoms. The van der Waals surface area contributed by atoms with Crippen LogP contribution in [0.25, 0.3) is 0 Å². The van der Waals surface area contributed by atoms with E-state index in [1.54, 1.807) is 0 Å². The molecule has 0 saturated heterocycles. The van der Waals surface area contributed by atoms with Gasteiger partial charge in [0, 0.05) is 24.0 Å². The first kappa shape index (κ1) is 14.4. The molecule has 0 fully saturated rings. The van der Waals surface area contributed by atoms with Crippen molar-refractivity contribution < 1.29 is 14.7 Å². The zero-order valence-corrected chi connectivity index (χ0v) is 11.4. The van der Waals surface area contributed by atoms with Crippen molar-refractivity contribution in [2.45, 2.75) is 26.8 Å². The van der Waals surface area contributed by atoms with Crippen LogP contribution in [0.5, 0.6) is 0 Å². The van der Waals surface area contributed by atoms with Gasteiger partial charge in [-0.15, -0.1) is 0 Å². The van der Waals surface area contributed by atoms with E-state index in [1.165, 1.54) is 0 Å². The van der Waals surface area contributed by atoms with Gasteiger partial charge in [0.05, 0.1) is 13.0 Å². The third-order valence-corrected chi connectivity index (χ3v) is 2.84.